The predicted molar refractivity (Wildman–Crippen MR) is 109 cm³/mol. The fraction of sp³-hybridized carbons (Fsp3) is 0.632. The highest BCUT2D eigenvalue weighted by Crippen LogP contribution is 2.32. The first-order valence-electron chi connectivity index (χ1n) is 9.74. The highest BCUT2D eigenvalue weighted by Gasteiger charge is 2.36. The van der Waals surface area contributed by atoms with E-state index in [2.05, 4.69) is 0 Å². The molecule has 0 N–H and O–H groups in total. The summed E-state index contributed by atoms with van der Waals surface area (Å²) in [6.07, 6.45) is 2.96. The van der Waals surface area contributed by atoms with Crippen LogP contribution >= 0.6 is 0 Å². The molecular formula is C19H28N2O6S2. The van der Waals surface area contributed by atoms with Crippen LogP contribution in [0, 0.1) is 0 Å². The van der Waals surface area contributed by atoms with Crippen molar-refractivity contribution in [3.8, 4) is 5.75 Å². The van der Waals surface area contributed by atoms with Gasteiger partial charge in [-0.05, 0) is 44.4 Å². The quantitative estimate of drug-likeness (QED) is 0.682. The number of benzene rings is 1. The Balaban J connectivity index is 1.93. The average molecular weight is 445 g/mol. The van der Waals surface area contributed by atoms with Crippen LogP contribution in [0.15, 0.2) is 23.1 Å². The van der Waals surface area contributed by atoms with E-state index >= 15 is 0 Å². The van der Waals surface area contributed by atoms with Gasteiger partial charge in [-0.1, -0.05) is 6.42 Å². The normalized spacial score (nSPS) is 24.9. The van der Waals surface area contributed by atoms with Crippen molar-refractivity contribution in [2.24, 2.45) is 0 Å². The number of sulfonamides is 1. The molecule has 0 bridgehead atoms. The second-order valence-corrected chi connectivity index (χ2v) is 11.9. The van der Waals surface area contributed by atoms with Crippen molar-refractivity contribution in [3.05, 3.63) is 23.8 Å². The number of ether oxygens (including phenoxy) is 1. The summed E-state index contributed by atoms with van der Waals surface area (Å²) < 4.78 is 56.8. The number of piperidine rings is 1. The van der Waals surface area contributed by atoms with E-state index in [-0.39, 0.29) is 33.8 Å². The van der Waals surface area contributed by atoms with E-state index in [1.54, 1.807) is 7.05 Å². The summed E-state index contributed by atoms with van der Waals surface area (Å²) in [6.45, 7) is 2.32. The van der Waals surface area contributed by atoms with Crippen molar-refractivity contribution in [2.45, 2.75) is 49.6 Å². The van der Waals surface area contributed by atoms with Gasteiger partial charge in [-0.2, -0.15) is 4.31 Å². The Morgan fingerprint density at radius 1 is 1.24 bits per heavy atom. The van der Waals surface area contributed by atoms with Crippen LogP contribution in [0.3, 0.4) is 0 Å². The van der Waals surface area contributed by atoms with Gasteiger partial charge < -0.3 is 9.64 Å². The molecule has 0 unspecified atom stereocenters. The molecule has 2 heterocycles. The Morgan fingerprint density at radius 3 is 2.55 bits per heavy atom. The van der Waals surface area contributed by atoms with Crippen LogP contribution in [0.2, 0.25) is 0 Å². The second kappa shape index (κ2) is 8.23. The van der Waals surface area contributed by atoms with Crippen LogP contribution in [-0.2, 0) is 19.9 Å². The fourth-order valence-electron chi connectivity index (χ4n) is 4.02. The van der Waals surface area contributed by atoms with E-state index in [1.165, 1.54) is 34.5 Å². The third-order valence-electron chi connectivity index (χ3n) is 5.82. The molecule has 1 amide bonds. The third kappa shape index (κ3) is 4.44. The molecule has 1 aromatic carbocycles. The van der Waals surface area contributed by atoms with E-state index in [0.29, 0.717) is 13.0 Å². The van der Waals surface area contributed by atoms with Gasteiger partial charge >= 0.3 is 0 Å². The summed E-state index contributed by atoms with van der Waals surface area (Å²) in [6, 6.07) is 3.81. The maximum Gasteiger partial charge on any atom is 0.253 e. The zero-order valence-corrected chi connectivity index (χ0v) is 18.6. The number of hydrogen-bond acceptors (Lipinski definition) is 6. The smallest absolute Gasteiger partial charge is 0.253 e. The minimum atomic E-state index is -3.83. The highest BCUT2D eigenvalue weighted by molar-refractivity contribution is 7.91. The molecule has 2 aliphatic rings. The average Bonchev–Trinajstić information content (AvgIpc) is 3.06. The van der Waals surface area contributed by atoms with Gasteiger partial charge in [-0.3, -0.25) is 4.79 Å². The Bertz CT molecular complexity index is 990. The Morgan fingerprint density at radius 2 is 1.97 bits per heavy atom. The van der Waals surface area contributed by atoms with Gasteiger partial charge in [-0.25, -0.2) is 16.8 Å². The summed E-state index contributed by atoms with van der Waals surface area (Å²) in [5.41, 5.74) is 0.195. The van der Waals surface area contributed by atoms with Gasteiger partial charge in [-0.15, -0.1) is 0 Å². The number of carbonyl (C=O) groups is 1. The molecule has 2 atom stereocenters. The van der Waals surface area contributed by atoms with Crippen molar-refractivity contribution in [3.63, 3.8) is 0 Å². The lowest BCUT2D eigenvalue weighted by molar-refractivity contribution is 0.0747. The molecule has 3 rings (SSSR count). The molecule has 0 radical (unpaired) electrons. The van der Waals surface area contributed by atoms with Gasteiger partial charge in [0.25, 0.3) is 5.91 Å². The Hall–Kier alpha value is -1.65. The van der Waals surface area contributed by atoms with Crippen molar-refractivity contribution in [1.82, 2.24) is 9.21 Å². The molecule has 2 saturated heterocycles. The molecular weight excluding hydrogens is 416 g/mol. The van der Waals surface area contributed by atoms with Crippen molar-refractivity contribution in [2.75, 3.05) is 32.2 Å². The van der Waals surface area contributed by atoms with Gasteiger partial charge in [0.05, 0.1) is 18.6 Å². The first-order valence-corrected chi connectivity index (χ1v) is 13.0. The van der Waals surface area contributed by atoms with Crippen molar-refractivity contribution >= 4 is 25.8 Å². The topological polar surface area (TPSA) is 101 Å². The summed E-state index contributed by atoms with van der Waals surface area (Å²) in [5.74, 6) is -0.227. The zero-order chi connectivity index (χ0) is 21.4. The molecule has 8 nitrogen and oxygen atoms in total. The lowest BCUT2D eigenvalue weighted by Crippen LogP contribution is -2.42. The van der Waals surface area contributed by atoms with E-state index in [1.807, 2.05) is 6.92 Å². The number of amides is 1. The lowest BCUT2D eigenvalue weighted by Gasteiger charge is -2.32. The molecule has 0 aliphatic carbocycles. The number of sulfone groups is 1. The molecule has 0 saturated carbocycles. The number of rotatable bonds is 5. The van der Waals surface area contributed by atoms with Crippen molar-refractivity contribution < 1.29 is 26.4 Å². The largest absolute Gasteiger partial charge is 0.495 e. The fourth-order valence-corrected chi connectivity index (χ4v) is 7.67. The molecule has 0 spiro atoms. The van der Waals surface area contributed by atoms with Crippen LogP contribution in [0.25, 0.3) is 0 Å². The monoisotopic (exact) mass is 444 g/mol. The van der Waals surface area contributed by atoms with E-state index in [9.17, 15) is 21.6 Å². The molecule has 2 aliphatic heterocycles. The highest BCUT2D eigenvalue weighted by atomic mass is 32.2. The molecule has 162 valence electrons. The van der Waals surface area contributed by atoms with Gasteiger partial charge in [0.1, 0.15) is 10.6 Å². The number of hydrogen-bond donors (Lipinski definition) is 0. The molecule has 29 heavy (non-hydrogen) atoms. The Kier molecular flexibility index (Phi) is 6.26. The van der Waals surface area contributed by atoms with Crippen molar-refractivity contribution in [1.29, 1.82) is 0 Å². The summed E-state index contributed by atoms with van der Waals surface area (Å²) in [5, 5.41) is 0. The number of carbonyl (C=O) groups excluding carboxylic acids is 1. The minimum Gasteiger partial charge on any atom is -0.495 e. The third-order valence-corrected chi connectivity index (χ3v) is 9.60. The zero-order valence-electron chi connectivity index (χ0n) is 17.0. The molecule has 1 aromatic rings. The Labute approximate surface area is 172 Å². The molecule has 2 fully saturated rings. The van der Waals surface area contributed by atoms with Crippen LogP contribution in [0.5, 0.6) is 5.75 Å². The van der Waals surface area contributed by atoms with Crippen LogP contribution in [0.1, 0.15) is 43.0 Å². The summed E-state index contributed by atoms with van der Waals surface area (Å²) >= 11 is 0. The number of nitrogens with zero attached hydrogens (tertiary/aromatic N) is 2. The second-order valence-electron chi connectivity index (χ2n) is 7.80. The van der Waals surface area contributed by atoms with Crippen LogP contribution in [0.4, 0.5) is 0 Å². The maximum atomic E-state index is 13.3. The first kappa shape index (κ1) is 22.0. The van der Waals surface area contributed by atoms with Crippen LogP contribution in [-0.4, -0.2) is 76.2 Å². The minimum absolute atomic E-state index is 0.0351. The number of methoxy groups -OCH3 is 1. The SMILES string of the molecule is COc1ccc(C(=O)N(C)[C@@H]2CCS(=O)(=O)C2)cc1S(=O)(=O)N1CCCC[C@H]1C. The molecule has 10 heteroatoms. The van der Waals surface area contributed by atoms with E-state index in [4.69, 9.17) is 4.74 Å². The maximum absolute atomic E-state index is 13.3. The standard InChI is InChI=1S/C19H28N2O6S2/c1-14-6-4-5-10-21(14)29(25,26)18-12-15(7-8-17(18)27-3)19(22)20(2)16-9-11-28(23,24)13-16/h7-8,12,14,16H,4-6,9-11,13H2,1-3H3/t14-,16-/m1/s1. The van der Waals surface area contributed by atoms with E-state index in [0.717, 1.165) is 19.3 Å². The van der Waals surface area contributed by atoms with Gasteiger partial charge in [0.2, 0.25) is 10.0 Å². The summed E-state index contributed by atoms with van der Waals surface area (Å²) in [4.78, 5) is 14.3. The van der Waals surface area contributed by atoms with E-state index < -0.39 is 31.8 Å². The van der Waals surface area contributed by atoms with Crippen LogP contribution < -0.4 is 4.74 Å². The predicted octanol–water partition coefficient (Wildman–Crippen LogP) is 1.52. The summed E-state index contributed by atoms with van der Waals surface area (Å²) in [7, 11) is -4.02. The lowest BCUT2D eigenvalue weighted by atomic mass is 10.1. The first-order chi connectivity index (χ1) is 13.6. The van der Waals surface area contributed by atoms with Gasteiger partial charge in [0, 0.05) is 31.2 Å². The molecule has 0 aromatic heterocycles. The van der Waals surface area contributed by atoms with Gasteiger partial charge in [0.15, 0.2) is 9.84 Å².